The van der Waals surface area contributed by atoms with Crippen LogP contribution in [-0.2, 0) is 16.0 Å². The molecule has 2 aliphatic heterocycles. The lowest BCUT2D eigenvalue weighted by Gasteiger charge is -2.26. The van der Waals surface area contributed by atoms with Crippen LogP contribution in [0.25, 0.3) is 5.76 Å². The first-order valence-electron chi connectivity index (χ1n) is 11.3. The largest absolute Gasteiger partial charge is 0.507 e. The van der Waals surface area contributed by atoms with Crippen LogP contribution in [0.2, 0.25) is 0 Å². The Morgan fingerprint density at radius 2 is 1.94 bits per heavy atom. The van der Waals surface area contributed by atoms with Crippen molar-refractivity contribution in [3.05, 3.63) is 64.7 Å². The maximum absolute atomic E-state index is 13.1. The van der Waals surface area contributed by atoms with E-state index in [2.05, 4.69) is 0 Å². The number of hydrogen-bond donors (Lipinski definition) is 1. The van der Waals surface area contributed by atoms with Gasteiger partial charge in [-0.2, -0.15) is 0 Å². The van der Waals surface area contributed by atoms with E-state index in [1.165, 1.54) is 0 Å². The third-order valence-corrected chi connectivity index (χ3v) is 6.01. The summed E-state index contributed by atoms with van der Waals surface area (Å²) in [4.78, 5) is 29.8. The first-order chi connectivity index (χ1) is 15.9. The highest BCUT2D eigenvalue weighted by atomic mass is 16.5. The number of Topliss-reactive ketones (excluding diaryl/α,β-unsaturated/α-hetero) is 1. The Morgan fingerprint density at radius 3 is 2.64 bits per heavy atom. The normalized spacial score (nSPS) is 19.2. The summed E-state index contributed by atoms with van der Waals surface area (Å²) >= 11 is 0. The van der Waals surface area contributed by atoms with Crippen LogP contribution in [-0.4, -0.2) is 67.0 Å². The molecular formula is C26H30N2O5. The highest BCUT2D eigenvalue weighted by Crippen LogP contribution is 2.40. The quantitative estimate of drug-likeness (QED) is 0.377. The van der Waals surface area contributed by atoms with Crippen LogP contribution >= 0.6 is 0 Å². The predicted octanol–water partition coefficient (Wildman–Crippen LogP) is 3.39. The SMILES string of the molecule is CCOc1ccc(C2/C(=C(/O)c3ccc4c(c3)CCO4)C(=O)C(=O)N2CCCN(C)C)cc1. The fourth-order valence-electron chi connectivity index (χ4n) is 4.42. The Balaban J connectivity index is 1.76. The summed E-state index contributed by atoms with van der Waals surface area (Å²) in [7, 11) is 3.94. The van der Waals surface area contributed by atoms with Crippen LogP contribution in [0.5, 0.6) is 11.5 Å². The van der Waals surface area contributed by atoms with E-state index in [0.717, 1.165) is 29.8 Å². The van der Waals surface area contributed by atoms with Crippen LogP contribution in [0.3, 0.4) is 0 Å². The zero-order valence-corrected chi connectivity index (χ0v) is 19.3. The second-order valence-corrected chi connectivity index (χ2v) is 8.57. The second kappa shape index (κ2) is 9.67. The monoisotopic (exact) mass is 450 g/mol. The lowest BCUT2D eigenvalue weighted by atomic mass is 9.94. The Kier molecular flexibility index (Phi) is 6.70. The Hall–Kier alpha value is -3.32. The molecule has 0 aromatic heterocycles. The molecule has 174 valence electrons. The molecule has 1 fully saturated rings. The molecule has 0 aliphatic carbocycles. The van der Waals surface area contributed by atoms with Crippen molar-refractivity contribution < 1.29 is 24.2 Å². The van der Waals surface area contributed by atoms with E-state index >= 15 is 0 Å². The molecule has 0 bridgehead atoms. The summed E-state index contributed by atoms with van der Waals surface area (Å²) in [5.41, 5.74) is 2.37. The molecule has 2 aliphatic rings. The first kappa shape index (κ1) is 22.9. The van der Waals surface area contributed by atoms with Gasteiger partial charge < -0.3 is 24.4 Å². The molecule has 7 nitrogen and oxygen atoms in total. The van der Waals surface area contributed by atoms with Gasteiger partial charge in [0, 0.05) is 18.5 Å². The standard InChI is InChI=1S/C26H30N2O5/c1-4-32-20-9-6-17(7-10-20)23-22(25(30)26(31)28(23)14-5-13-27(2)3)24(29)19-8-11-21-18(16-19)12-15-33-21/h6-11,16,23,29H,4-5,12-15H2,1-3H3/b24-22-. The fourth-order valence-corrected chi connectivity index (χ4v) is 4.42. The van der Waals surface area contributed by atoms with Gasteiger partial charge in [0.1, 0.15) is 17.3 Å². The molecule has 1 amide bonds. The Bertz CT molecular complexity index is 1070. The van der Waals surface area contributed by atoms with Crippen LogP contribution in [0.4, 0.5) is 0 Å². The number of ketones is 1. The van der Waals surface area contributed by atoms with Crippen molar-refractivity contribution in [3.63, 3.8) is 0 Å². The van der Waals surface area contributed by atoms with E-state index < -0.39 is 17.7 Å². The number of aliphatic hydroxyl groups is 1. The summed E-state index contributed by atoms with van der Waals surface area (Å²) in [6, 6.07) is 12.1. The molecule has 1 saturated heterocycles. The number of likely N-dealkylation sites (tertiary alicyclic amines) is 1. The number of amides is 1. The maximum Gasteiger partial charge on any atom is 0.295 e. The third kappa shape index (κ3) is 4.59. The summed E-state index contributed by atoms with van der Waals surface area (Å²) < 4.78 is 11.1. The maximum atomic E-state index is 13.1. The van der Waals surface area contributed by atoms with Crippen molar-refractivity contribution in [3.8, 4) is 11.5 Å². The van der Waals surface area contributed by atoms with Gasteiger partial charge in [-0.3, -0.25) is 9.59 Å². The number of hydrogen-bond acceptors (Lipinski definition) is 6. The highest BCUT2D eigenvalue weighted by Gasteiger charge is 2.45. The van der Waals surface area contributed by atoms with Crippen molar-refractivity contribution in [1.29, 1.82) is 0 Å². The number of rotatable bonds is 8. The molecule has 33 heavy (non-hydrogen) atoms. The number of aliphatic hydroxyl groups excluding tert-OH is 1. The lowest BCUT2D eigenvalue weighted by molar-refractivity contribution is -0.139. The molecular weight excluding hydrogens is 420 g/mol. The lowest BCUT2D eigenvalue weighted by Crippen LogP contribution is -2.32. The van der Waals surface area contributed by atoms with Crippen LogP contribution < -0.4 is 9.47 Å². The van der Waals surface area contributed by atoms with Gasteiger partial charge in [-0.15, -0.1) is 0 Å². The van der Waals surface area contributed by atoms with Gasteiger partial charge in [-0.05, 0) is 75.4 Å². The Morgan fingerprint density at radius 1 is 1.18 bits per heavy atom. The van der Waals surface area contributed by atoms with E-state index in [-0.39, 0.29) is 11.3 Å². The second-order valence-electron chi connectivity index (χ2n) is 8.57. The summed E-state index contributed by atoms with van der Waals surface area (Å²) in [6.45, 7) is 4.25. The zero-order chi connectivity index (χ0) is 23.5. The van der Waals surface area contributed by atoms with E-state index in [4.69, 9.17) is 9.47 Å². The first-order valence-corrected chi connectivity index (χ1v) is 11.3. The predicted molar refractivity (Wildman–Crippen MR) is 125 cm³/mol. The van der Waals surface area contributed by atoms with Crippen molar-refractivity contribution in [1.82, 2.24) is 9.80 Å². The average molecular weight is 451 g/mol. The molecule has 0 radical (unpaired) electrons. The number of fused-ring (bicyclic) bond motifs is 1. The number of benzene rings is 2. The van der Waals surface area contributed by atoms with Gasteiger partial charge in [-0.1, -0.05) is 12.1 Å². The van der Waals surface area contributed by atoms with Gasteiger partial charge in [0.15, 0.2) is 0 Å². The smallest absolute Gasteiger partial charge is 0.295 e. The molecule has 0 saturated carbocycles. The molecule has 2 aromatic rings. The van der Waals surface area contributed by atoms with Crippen molar-refractivity contribution in [2.75, 3.05) is 40.4 Å². The molecule has 4 rings (SSSR count). The molecule has 0 spiro atoms. The third-order valence-electron chi connectivity index (χ3n) is 6.01. The fraction of sp³-hybridized carbons (Fsp3) is 0.385. The molecule has 2 heterocycles. The van der Waals surface area contributed by atoms with Crippen molar-refractivity contribution in [2.45, 2.75) is 25.8 Å². The van der Waals surface area contributed by atoms with E-state index in [9.17, 15) is 14.7 Å². The van der Waals surface area contributed by atoms with Crippen molar-refractivity contribution in [2.24, 2.45) is 0 Å². The molecule has 1 atom stereocenters. The number of carbonyl (C=O) groups excluding carboxylic acids is 2. The van der Waals surface area contributed by atoms with Gasteiger partial charge in [0.05, 0.1) is 24.8 Å². The summed E-state index contributed by atoms with van der Waals surface area (Å²) in [5, 5.41) is 11.2. The van der Waals surface area contributed by atoms with Crippen LogP contribution in [0, 0.1) is 0 Å². The van der Waals surface area contributed by atoms with Crippen LogP contribution in [0.15, 0.2) is 48.0 Å². The van der Waals surface area contributed by atoms with E-state index in [0.29, 0.717) is 37.5 Å². The van der Waals surface area contributed by atoms with Gasteiger partial charge in [0.25, 0.3) is 11.7 Å². The highest BCUT2D eigenvalue weighted by molar-refractivity contribution is 6.46. The number of ether oxygens (including phenoxy) is 2. The van der Waals surface area contributed by atoms with Gasteiger partial charge >= 0.3 is 0 Å². The molecule has 1 N–H and O–H groups in total. The van der Waals surface area contributed by atoms with Gasteiger partial charge in [0.2, 0.25) is 0 Å². The minimum atomic E-state index is -0.660. The molecule has 1 unspecified atom stereocenters. The number of nitrogens with zero attached hydrogens (tertiary/aromatic N) is 2. The van der Waals surface area contributed by atoms with E-state index in [1.807, 2.05) is 56.3 Å². The topological polar surface area (TPSA) is 79.3 Å². The molecule has 2 aromatic carbocycles. The minimum Gasteiger partial charge on any atom is -0.507 e. The summed E-state index contributed by atoms with van der Waals surface area (Å²) in [5.74, 6) is 0.104. The average Bonchev–Trinajstić information content (AvgIpc) is 3.37. The van der Waals surface area contributed by atoms with Gasteiger partial charge in [-0.25, -0.2) is 0 Å². The Labute approximate surface area is 194 Å². The number of carbonyl (C=O) groups is 2. The zero-order valence-electron chi connectivity index (χ0n) is 19.3. The van der Waals surface area contributed by atoms with E-state index in [1.54, 1.807) is 17.0 Å². The van der Waals surface area contributed by atoms with Crippen LogP contribution in [0.1, 0.15) is 36.1 Å². The molecule has 7 heteroatoms. The minimum absolute atomic E-state index is 0.118. The van der Waals surface area contributed by atoms with Crippen molar-refractivity contribution >= 4 is 17.4 Å². The summed E-state index contributed by atoms with van der Waals surface area (Å²) in [6.07, 6.45) is 1.46.